The first-order valence-corrected chi connectivity index (χ1v) is 5.83. The van der Waals surface area contributed by atoms with Crippen molar-refractivity contribution in [2.24, 2.45) is 0 Å². The fourth-order valence-electron chi connectivity index (χ4n) is 1.76. The van der Waals surface area contributed by atoms with E-state index in [2.05, 4.69) is 42.3 Å². The Labute approximate surface area is 96.7 Å². The predicted octanol–water partition coefficient (Wildman–Crippen LogP) is 2.78. The number of aromatic nitrogens is 1. The van der Waals surface area contributed by atoms with E-state index in [1.165, 1.54) is 10.9 Å². The summed E-state index contributed by atoms with van der Waals surface area (Å²) < 4.78 is 0. The number of benzene rings is 1. The third-order valence-electron chi connectivity index (χ3n) is 2.61. The lowest BCUT2D eigenvalue weighted by atomic mass is 10.1. The molecule has 0 aliphatic carbocycles. The summed E-state index contributed by atoms with van der Waals surface area (Å²) in [6.45, 7) is 5.34. The Morgan fingerprint density at radius 3 is 2.88 bits per heavy atom. The molecule has 1 aromatic heterocycles. The Morgan fingerprint density at radius 1 is 1.25 bits per heavy atom. The maximum absolute atomic E-state index is 4.45. The molecule has 1 heterocycles. The van der Waals surface area contributed by atoms with Gasteiger partial charge in [-0.3, -0.25) is 4.98 Å². The van der Waals surface area contributed by atoms with Crippen LogP contribution >= 0.6 is 0 Å². The Morgan fingerprint density at radius 2 is 2.06 bits per heavy atom. The maximum atomic E-state index is 4.45. The topological polar surface area (TPSA) is 24.9 Å². The minimum Gasteiger partial charge on any atom is -0.314 e. The van der Waals surface area contributed by atoms with Crippen molar-refractivity contribution in [2.75, 3.05) is 6.54 Å². The van der Waals surface area contributed by atoms with Crippen molar-refractivity contribution < 1.29 is 0 Å². The summed E-state index contributed by atoms with van der Waals surface area (Å²) >= 11 is 0. The van der Waals surface area contributed by atoms with Gasteiger partial charge >= 0.3 is 0 Å². The molecule has 0 saturated heterocycles. The highest BCUT2D eigenvalue weighted by atomic mass is 14.9. The summed E-state index contributed by atoms with van der Waals surface area (Å²) in [5.74, 6) is 0. The zero-order valence-electron chi connectivity index (χ0n) is 9.90. The number of rotatable bonds is 4. The Bertz CT molecular complexity index is 463. The SMILES string of the molecule is CC(C)NCCc1cnc2ccccc2c1. The molecule has 1 aromatic carbocycles. The van der Waals surface area contributed by atoms with Crippen LogP contribution in [0, 0.1) is 0 Å². The lowest BCUT2D eigenvalue weighted by Gasteiger charge is -2.08. The van der Waals surface area contributed by atoms with Crippen LogP contribution in [0.1, 0.15) is 19.4 Å². The summed E-state index contributed by atoms with van der Waals surface area (Å²) in [5, 5.41) is 4.64. The average Bonchev–Trinajstić information content (AvgIpc) is 2.28. The minimum absolute atomic E-state index is 0.549. The third-order valence-corrected chi connectivity index (χ3v) is 2.61. The first kappa shape index (κ1) is 11.1. The van der Waals surface area contributed by atoms with E-state index < -0.39 is 0 Å². The first-order valence-electron chi connectivity index (χ1n) is 5.83. The van der Waals surface area contributed by atoms with Crippen LogP contribution < -0.4 is 5.32 Å². The molecule has 16 heavy (non-hydrogen) atoms. The highest BCUT2D eigenvalue weighted by Gasteiger charge is 1.98. The van der Waals surface area contributed by atoms with Crippen molar-refractivity contribution >= 4 is 10.9 Å². The highest BCUT2D eigenvalue weighted by molar-refractivity contribution is 5.78. The molecule has 0 aliphatic heterocycles. The van der Waals surface area contributed by atoms with E-state index in [-0.39, 0.29) is 0 Å². The summed E-state index contributed by atoms with van der Waals surface area (Å²) in [5.41, 5.74) is 2.37. The number of hydrogen-bond acceptors (Lipinski definition) is 2. The Balaban J connectivity index is 2.08. The van der Waals surface area contributed by atoms with Crippen LogP contribution in [0.25, 0.3) is 10.9 Å². The molecule has 0 amide bonds. The molecule has 0 saturated carbocycles. The zero-order chi connectivity index (χ0) is 11.4. The van der Waals surface area contributed by atoms with Crippen molar-refractivity contribution in [2.45, 2.75) is 26.3 Å². The van der Waals surface area contributed by atoms with E-state index in [1.807, 2.05) is 18.3 Å². The summed E-state index contributed by atoms with van der Waals surface area (Å²) in [4.78, 5) is 4.45. The van der Waals surface area contributed by atoms with Gasteiger partial charge in [0.25, 0.3) is 0 Å². The van der Waals surface area contributed by atoms with Gasteiger partial charge in [0.05, 0.1) is 5.52 Å². The normalized spacial score (nSPS) is 11.2. The van der Waals surface area contributed by atoms with E-state index in [1.54, 1.807) is 0 Å². The van der Waals surface area contributed by atoms with Gasteiger partial charge in [0.15, 0.2) is 0 Å². The Hall–Kier alpha value is -1.41. The summed E-state index contributed by atoms with van der Waals surface area (Å²) in [7, 11) is 0. The number of para-hydroxylation sites is 1. The predicted molar refractivity (Wildman–Crippen MR) is 68.6 cm³/mol. The maximum Gasteiger partial charge on any atom is 0.0702 e. The molecule has 0 unspecified atom stereocenters. The molecule has 2 aromatic rings. The van der Waals surface area contributed by atoms with Gasteiger partial charge in [-0.25, -0.2) is 0 Å². The van der Waals surface area contributed by atoms with Crippen LogP contribution in [-0.4, -0.2) is 17.6 Å². The molecule has 1 N–H and O–H groups in total. The molecule has 0 spiro atoms. The van der Waals surface area contributed by atoms with E-state index in [0.717, 1.165) is 18.5 Å². The molecular weight excluding hydrogens is 196 g/mol. The second-order valence-corrected chi connectivity index (χ2v) is 4.40. The fourth-order valence-corrected chi connectivity index (χ4v) is 1.76. The second-order valence-electron chi connectivity index (χ2n) is 4.40. The van der Waals surface area contributed by atoms with Crippen LogP contribution in [0.15, 0.2) is 36.5 Å². The Kier molecular flexibility index (Phi) is 3.52. The number of fused-ring (bicyclic) bond motifs is 1. The van der Waals surface area contributed by atoms with Gasteiger partial charge in [0.2, 0.25) is 0 Å². The molecule has 0 aliphatic rings. The van der Waals surface area contributed by atoms with Gasteiger partial charge in [0.1, 0.15) is 0 Å². The summed E-state index contributed by atoms with van der Waals surface area (Å²) in [6.07, 6.45) is 3.01. The van der Waals surface area contributed by atoms with Gasteiger partial charge in [-0.1, -0.05) is 32.0 Å². The van der Waals surface area contributed by atoms with E-state index in [9.17, 15) is 0 Å². The number of pyridine rings is 1. The van der Waals surface area contributed by atoms with Crippen LogP contribution in [0.5, 0.6) is 0 Å². The molecule has 0 atom stereocenters. The zero-order valence-corrected chi connectivity index (χ0v) is 9.90. The van der Waals surface area contributed by atoms with Gasteiger partial charge in [-0.2, -0.15) is 0 Å². The molecule has 2 rings (SSSR count). The molecule has 0 radical (unpaired) electrons. The van der Waals surface area contributed by atoms with Crippen LogP contribution in [0.4, 0.5) is 0 Å². The lowest BCUT2D eigenvalue weighted by molar-refractivity contribution is 0.590. The highest BCUT2D eigenvalue weighted by Crippen LogP contribution is 2.12. The third kappa shape index (κ3) is 2.80. The standard InChI is InChI=1S/C14H18N2/c1-11(2)15-8-7-12-9-13-5-3-4-6-14(13)16-10-12/h3-6,9-11,15H,7-8H2,1-2H3. The molecule has 0 fully saturated rings. The van der Waals surface area contributed by atoms with Gasteiger partial charge in [-0.05, 0) is 30.7 Å². The largest absolute Gasteiger partial charge is 0.314 e. The van der Waals surface area contributed by atoms with Crippen molar-refractivity contribution in [3.8, 4) is 0 Å². The number of nitrogens with zero attached hydrogens (tertiary/aromatic N) is 1. The second kappa shape index (κ2) is 5.08. The summed E-state index contributed by atoms with van der Waals surface area (Å²) in [6, 6.07) is 11.0. The number of nitrogens with one attached hydrogen (secondary N) is 1. The van der Waals surface area contributed by atoms with Crippen molar-refractivity contribution in [3.63, 3.8) is 0 Å². The lowest BCUT2D eigenvalue weighted by Crippen LogP contribution is -2.24. The van der Waals surface area contributed by atoms with E-state index in [4.69, 9.17) is 0 Å². The van der Waals surface area contributed by atoms with Crippen molar-refractivity contribution in [1.82, 2.24) is 10.3 Å². The smallest absolute Gasteiger partial charge is 0.0702 e. The van der Waals surface area contributed by atoms with Crippen molar-refractivity contribution in [1.29, 1.82) is 0 Å². The number of hydrogen-bond donors (Lipinski definition) is 1. The van der Waals surface area contributed by atoms with Crippen molar-refractivity contribution in [3.05, 3.63) is 42.1 Å². The molecule has 84 valence electrons. The minimum atomic E-state index is 0.549. The van der Waals surface area contributed by atoms with Gasteiger partial charge < -0.3 is 5.32 Å². The quantitative estimate of drug-likeness (QED) is 0.846. The molecule has 0 bridgehead atoms. The first-order chi connectivity index (χ1) is 7.75. The molecular formula is C14H18N2. The van der Waals surface area contributed by atoms with Gasteiger partial charge in [-0.15, -0.1) is 0 Å². The van der Waals surface area contributed by atoms with Crippen LogP contribution in [0.3, 0.4) is 0 Å². The van der Waals surface area contributed by atoms with Crippen LogP contribution in [-0.2, 0) is 6.42 Å². The van der Waals surface area contributed by atoms with E-state index in [0.29, 0.717) is 6.04 Å². The monoisotopic (exact) mass is 214 g/mol. The van der Waals surface area contributed by atoms with E-state index >= 15 is 0 Å². The molecule has 2 nitrogen and oxygen atoms in total. The fraction of sp³-hybridized carbons (Fsp3) is 0.357. The molecule has 2 heteroatoms. The van der Waals surface area contributed by atoms with Gasteiger partial charge in [0, 0.05) is 17.6 Å². The average molecular weight is 214 g/mol. The van der Waals surface area contributed by atoms with Crippen LogP contribution in [0.2, 0.25) is 0 Å².